The van der Waals surface area contributed by atoms with Crippen molar-refractivity contribution in [3.63, 3.8) is 0 Å². The first-order valence-corrected chi connectivity index (χ1v) is 8.09. The Morgan fingerprint density at radius 3 is 2.62 bits per heavy atom. The summed E-state index contributed by atoms with van der Waals surface area (Å²) in [5.41, 5.74) is 1.42. The number of hydrogen-bond acceptors (Lipinski definition) is 4. The van der Waals surface area contributed by atoms with E-state index in [1.807, 2.05) is 45.0 Å². The monoisotopic (exact) mass is 331 g/mol. The number of urea groups is 1. The molecule has 24 heavy (non-hydrogen) atoms. The molecule has 0 aliphatic carbocycles. The van der Waals surface area contributed by atoms with Gasteiger partial charge in [0.25, 0.3) is 0 Å². The third-order valence-corrected chi connectivity index (χ3v) is 3.61. The van der Waals surface area contributed by atoms with Gasteiger partial charge >= 0.3 is 6.03 Å². The van der Waals surface area contributed by atoms with Crippen LogP contribution in [0.25, 0.3) is 5.69 Å². The molecule has 130 valence electrons. The molecule has 2 atom stereocenters. The Morgan fingerprint density at radius 1 is 1.29 bits per heavy atom. The van der Waals surface area contributed by atoms with Gasteiger partial charge in [-0.25, -0.2) is 14.5 Å². The van der Waals surface area contributed by atoms with Gasteiger partial charge in [0.1, 0.15) is 11.6 Å². The van der Waals surface area contributed by atoms with Crippen LogP contribution in [0.4, 0.5) is 10.5 Å². The van der Waals surface area contributed by atoms with Crippen LogP contribution in [0, 0.1) is 19.8 Å². The van der Waals surface area contributed by atoms with Crippen LogP contribution in [0.3, 0.4) is 0 Å². The maximum Gasteiger partial charge on any atom is 0.319 e. The zero-order chi connectivity index (χ0) is 17.7. The first kappa shape index (κ1) is 17.9. The molecule has 0 bridgehead atoms. The fourth-order valence-corrected chi connectivity index (χ4v) is 2.61. The van der Waals surface area contributed by atoms with E-state index in [2.05, 4.69) is 20.7 Å². The van der Waals surface area contributed by atoms with E-state index in [-0.39, 0.29) is 18.1 Å². The van der Waals surface area contributed by atoms with Crippen molar-refractivity contribution in [2.75, 3.05) is 11.9 Å². The number of carbonyl (C=O) groups excluding carboxylic acids is 1. The molecule has 2 rings (SSSR count). The molecule has 7 heteroatoms. The fraction of sp³-hybridized carbons (Fsp3) is 0.471. The van der Waals surface area contributed by atoms with Crippen molar-refractivity contribution in [3.05, 3.63) is 35.9 Å². The number of hydrogen-bond donors (Lipinski definition) is 3. The average molecular weight is 331 g/mol. The Hall–Kier alpha value is -2.41. The van der Waals surface area contributed by atoms with Gasteiger partial charge in [-0.05, 0) is 45.2 Å². The second-order valence-electron chi connectivity index (χ2n) is 6.16. The van der Waals surface area contributed by atoms with Gasteiger partial charge in [-0.15, -0.1) is 0 Å². The van der Waals surface area contributed by atoms with Crippen LogP contribution in [0.2, 0.25) is 0 Å². The fourth-order valence-electron chi connectivity index (χ4n) is 2.61. The number of aliphatic hydroxyl groups is 1. The van der Waals surface area contributed by atoms with E-state index in [0.717, 1.165) is 11.5 Å². The lowest BCUT2D eigenvalue weighted by molar-refractivity contribution is 0.163. The highest BCUT2D eigenvalue weighted by Gasteiger charge is 2.13. The average Bonchev–Trinajstić information content (AvgIpc) is 2.83. The van der Waals surface area contributed by atoms with E-state index < -0.39 is 0 Å². The van der Waals surface area contributed by atoms with Crippen molar-refractivity contribution in [2.24, 2.45) is 5.92 Å². The van der Waals surface area contributed by atoms with E-state index >= 15 is 0 Å². The van der Waals surface area contributed by atoms with Crippen molar-refractivity contribution < 1.29 is 9.90 Å². The van der Waals surface area contributed by atoms with Crippen LogP contribution in [0.1, 0.15) is 31.9 Å². The number of rotatable bonds is 6. The minimum atomic E-state index is -0.371. The molecule has 2 unspecified atom stereocenters. The van der Waals surface area contributed by atoms with Crippen LogP contribution in [0.5, 0.6) is 0 Å². The second kappa shape index (κ2) is 7.92. The predicted octanol–water partition coefficient (Wildman–Crippen LogP) is 2.41. The molecule has 1 aromatic heterocycles. The number of benzene rings is 1. The normalized spacial score (nSPS) is 13.4. The number of nitrogens with zero attached hydrogens (tertiary/aromatic N) is 3. The molecule has 2 amide bonds. The Bertz CT molecular complexity index is 696. The smallest absolute Gasteiger partial charge is 0.319 e. The third-order valence-electron chi connectivity index (χ3n) is 3.61. The number of carbonyl (C=O) groups is 1. The first-order chi connectivity index (χ1) is 11.4. The SMILES string of the molecule is Cc1nc(C)n(-c2ccccc2NC(=O)NCC(C)CC(C)O)n1. The third kappa shape index (κ3) is 4.79. The quantitative estimate of drug-likeness (QED) is 0.758. The van der Waals surface area contributed by atoms with Crippen LogP contribution in [-0.2, 0) is 0 Å². The number of aliphatic hydroxyl groups excluding tert-OH is 1. The number of para-hydroxylation sites is 2. The maximum absolute atomic E-state index is 12.1. The van der Waals surface area contributed by atoms with Crippen LogP contribution >= 0.6 is 0 Å². The molecular weight excluding hydrogens is 306 g/mol. The van der Waals surface area contributed by atoms with Gasteiger partial charge in [0.2, 0.25) is 0 Å². The summed E-state index contributed by atoms with van der Waals surface area (Å²) in [6.07, 6.45) is 0.276. The maximum atomic E-state index is 12.1. The minimum Gasteiger partial charge on any atom is -0.393 e. The molecule has 1 aromatic carbocycles. The predicted molar refractivity (Wildman–Crippen MR) is 93.3 cm³/mol. The Kier molecular flexibility index (Phi) is 5.92. The van der Waals surface area contributed by atoms with E-state index in [1.54, 1.807) is 11.6 Å². The zero-order valence-corrected chi connectivity index (χ0v) is 14.6. The number of nitrogens with one attached hydrogen (secondary N) is 2. The molecule has 2 aromatic rings. The van der Waals surface area contributed by atoms with Crippen molar-refractivity contribution in [1.29, 1.82) is 0 Å². The summed E-state index contributed by atoms with van der Waals surface area (Å²) in [5, 5.41) is 19.4. The molecule has 3 N–H and O–H groups in total. The van der Waals surface area contributed by atoms with Crippen molar-refractivity contribution in [1.82, 2.24) is 20.1 Å². The molecule has 0 aliphatic heterocycles. The lowest BCUT2D eigenvalue weighted by Gasteiger charge is -2.16. The van der Waals surface area contributed by atoms with Crippen molar-refractivity contribution in [3.8, 4) is 5.69 Å². The van der Waals surface area contributed by atoms with Gasteiger partial charge in [-0.2, -0.15) is 5.10 Å². The Labute approximate surface area is 142 Å². The largest absolute Gasteiger partial charge is 0.393 e. The molecule has 0 aliphatic rings. The molecule has 0 fully saturated rings. The van der Waals surface area contributed by atoms with Crippen LogP contribution in [-0.4, -0.2) is 38.6 Å². The summed E-state index contributed by atoms with van der Waals surface area (Å²) in [5.74, 6) is 1.64. The number of anilines is 1. The minimum absolute atomic E-state index is 0.200. The van der Waals surface area contributed by atoms with Crippen LogP contribution in [0.15, 0.2) is 24.3 Å². The second-order valence-corrected chi connectivity index (χ2v) is 6.16. The van der Waals surface area contributed by atoms with Gasteiger partial charge in [0.05, 0.1) is 17.5 Å². The highest BCUT2D eigenvalue weighted by molar-refractivity contribution is 5.91. The number of aromatic nitrogens is 3. The lowest BCUT2D eigenvalue weighted by atomic mass is 10.1. The van der Waals surface area contributed by atoms with E-state index in [9.17, 15) is 9.90 Å². The standard InChI is InChI=1S/C17H25N5O2/c1-11(9-12(2)23)10-18-17(24)20-15-7-5-6-8-16(15)22-14(4)19-13(3)21-22/h5-8,11-12,23H,9-10H2,1-4H3,(H2,18,20,24). The Morgan fingerprint density at radius 2 is 2.00 bits per heavy atom. The summed E-state index contributed by atoms with van der Waals surface area (Å²) in [6, 6.07) is 7.17. The first-order valence-electron chi connectivity index (χ1n) is 8.09. The van der Waals surface area contributed by atoms with Gasteiger partial charge in [0.15, 0.2) is 0 Å². The van der Waals surface area contributed by atoms with Crippen molar-refractivity contribution >= 4 is 11.7 Å². The summed E-state index contributed by atoms with van der Waals surface area (Å²) in [7, 11) is 0. The molecule has 7 nitrogen and oxygen atoms in total. The van der Waals surface area contributed by atoms with E-state index in [0.29, 0.717) is 24.5 Å². The van der Waals surface area contributed by atoms with Crippen LogP contribution < -0.4 is 10.6 Å². The summed E-state index contributed by atoms with van der Waals surface area (Å²) in [4.78, 5) is 16.4. The van der Waals surface area contributed by atoms with Gasteiger partial charge < -0.3 is 15.7 Å². The molecule has 0 radical (unpaired) electrons. The highest BCUT2D eigenvalue weighted by atomic mass is 16.3. The molecular formula is C17H25N5O2. The number of amides is 2. The molecule has 0 saturated heterocycles. The Balaban J connectivity index is 2.05. The molecule has 0 spiro atoms. The van der Waals surface area contributed by atoms with Gasteiger partial charge in [-0.3, -0.25) is 0 Å². The summed E-state index contributed by atoms with van der Waals surface area (Å²) < 4.78 is 1.71. The molecule has 1 heterocycles. The van der Waals surface area contributed by atoms with Gasteiger partial charge in [0, 0.05) is 6.54 Å². The van der Waals surface area contributed by atoms with Gasteiger partial charge in [-0.1, -0.05) is 19.1 Å². The summed E-state index contributed by atoms with van der Waals surface area (Å²) in [6.45, 7) is 7.93. The molecule has 0 saturated carbocycles. The summed E-state index contributed by atoms with van der Waals surface area (Å²) >= 11 is 0. The zero-order valence-electron chi connectivity index (χ0n) is 14.6. The van der Waals surface area contributed by atoms with E-state index in [1.165, 1.54) is 0 Å². The number of aryl methyl sites for hydroxylation is 2. The lowest BCUT2D eigenvalue weighted by Crippen LogP contribution is -2.33. The van der Waals surface area contributed by atoms with Crippen molar-refractivity contribution in [2.45, 2.75) is 40.2 Å². The van der Waals surface area contributed by atoms with E-state index in [4.69, 9.17) is 0 Å². The topological polar surface area (TPSA) is 92.1 Å². The highest BCUT2D eigenvalue weighted by Crippen LogP contribution is 2.20.